The second kappa shape index (κ2) is 12.2. The molecule has 0 rings (SSSR count). The Morgan fingerprint density at radius 2 is 1.60 bits per heavy atom. The van der Waals surface area contributed by atoms with E-state index in [1.54, 1.807) is 0 Å². The Kier molecular flexibility index (Phi) is 12.3. The van der Waals surface area contributed by atoms with Crippen LogP contribution in [0.15, 0.2) is 0 Å². The van der Waals surface area contributed by atoms with Crippen LogP contribution in [0, 0.1) is 6.92 Å². The van der Waals surface area contributed by atoms with E-state index in [1.165, 1.54) is 18.9 Å². The molecule has 0 unspecified atom stereocenters. The average molecular weight is 231 g/mol. The minimum absolute atomic E-state index is 0.143. The van der Waals surface area contributed by atoms with Gasteiger partial charge in [0.15, 0.2) is 0 Å². The lowest BCUT2D eigenvalue weighted by molar-refractivity contribution is -0.0920. The van der Waals surface area contributed by atoms with Gasteiger partial charge in [0.1, 0.15) is 5.91 Å². The molecular weight excluding hydrogens is 204 g/mol. The molecule has 91 valence electrons. The van der Waals surface area contributed by atoms with Crippen LogP contribution in [-0.4, -0.2) is 28.6 Å². The molecule has 1 radical (unpaired) electrons. The highest BCUT2D eigenvalue weighted by Crippen LogP contribution is 2.02. The van der Waals surface area contributed by atoms with Crippen molar-refractivity contribution in [2.75, 3.05) is 13.2 Å². The number of hydrogen-bond acceptors (Lipinski definition) is 2. The Hall–Kier alpha value is 0.137. The van der Waals surface area contributed by atoms with Crippen molar-refractivity contribution in [1.29, 1.82) is 0 Å². The standard InChI is InChI=1S/C12H27O2Si/c1-4-7-9-13-12(15-11-6-3)14-10-8-5-2/h12H,3-11,15H2,1-2H3. The van der Waals surface area contributed by atoms with Crippen molar-refractivity contribution < 1.29 is 9.47 Å². The number of hydrogen-bond donors (Lipinski definition) is 0. The SMILES string of the molecule is [CH2]CC[SiH2]C(OCCCC)OCCCC. The van der Waals surface area contributed by atoms with E-state index in [2.05, 4.69) is 20.8 Å². The lowest BCUT2D eigenvalue weighted by Crippen LogP contribution is -2.25. The van der Waals surface area contributed by atoms with E-state index in [-0.39, 0.29) is 15.4 Å². The van der Waals surface area contributed by atoms with E-state index < -0.39 is 0 Å². The summed E-state index contributed by atoms with van der Waals surface area (Å²) in [4.78, 5) is 0. The molecule has 15 heavy (non-hydrogen) atoms. The van der Waals surface area contributed by atoms with Gasteiger partial charge in [-0.25, -0.2) is 0 Å². The molecule has 0 N–H and O–H groups in total. The van der Waals surface area contributed by atoms with Crippen LogP contribution in [0.1, 0.15) is 46.0 Å². The molecule has 0 aromatic heterocycles. The van der Waals surface area contributed by atoms with Gasteiger partial charge in [0.2, 0.25) is 0 Å². The molecule has 0 fully saturated rings. The maximum absolute atomic E-state index is 5.74. The van der Waals surface area contributed by atoms with Crippen molar-refractivity contribution >= 4 is 9.52 Å². The Bertz CT molecular complexity index is 110. The highest BCUT2D eigenvalue weighted by Gasteiger charge is 2.08. The maximum atomic E-state index is 5.74. The molecule has 2 nitrogen and oxygen atoms in total. The molecule has 0 aliphatic rings. The summed E-state index contributed by atoms with van der Waals surface area (Å²) >= 11 is 0. The largest absolute Gasteiger partial charge is 0.357 e. The van der Waals surface area contributed by atoms with Crippen LogP contribution in [0.25, 0.3) is 0 Å². The summed E-state index contributed by atoms with van der Waals surface area (Å²) < 4.78 is 11.5. The number of unbranched alkanes of at least 4 members (excludes halogenated alkanes) is 2. The fourth-order valence-corrected chi connectivity index (χ4v) is 2.53. The van der Waals surface area contributed by atoms with E-state index in [1.807, 2.05) is 0 Å². The monoisotopic (exact) mass is 231 g/mol. The van der Waals surface area contributed by atoms with Crippen molar-refractivity contribution in [1.82, 2.24) is 0 Å². The van der Waals surface area contributed by atoms with Gasteiger partial charge < -0.3 is 9.47 Å². The molecule has 0 aliphatic carbocycles. The first-order valence-electron chi connectivity index (χ1n) is 6.37. The van der Waals surface area contributed by atoms with Crippen LogP contribution in [-0.2, 0) is 9.47 Å². The molecule has 3 heteroatoms. The van der Waals surface area contributed by atoms with Gasteiger partial charge in [-0.15, -0.1) is 0 Å². The molecule has 0 saturated heterocycles. The zero-order valence-corrected chi connectivity index (χ0v) is 11.9. The second-order valence-corrected chi connectivity index (χ2v) is 5.83. The molecule has 0 spiro atoms. The van der Waals surface area contributed by atoms with E-state index in [0.29, 0.717) is 0 Å². The van der Waals surface area contributed by atoms with Gasteiger partial charge in [-0.2, -0.15) is 0 Å². The van der Waals surface area contributed by atoms with Crippen LogP contribution in [0.5, 0.6) is 0 Å². The minimum Gasteiger partial charge on any atom is -0.357 e. The van der Waals surface area contributed by atoms with Gasteiger partial charge in [-0.05, 0) is 12.8 Å². The zero-order chi connectivity index (χ0) is 11.4. The van der Waals surface area contributed by atoms with E-state index in [9.17, 15) is 0 Å². The topological polar surface area (TPSA) is 18.5 Å². The van der Waals surface area contributed by atoms with Crippen LogP contribution in [0.3, 0.4) is 0 Å². The zero-order valence-electron chi connectivity index (χ0n) is 10.5. The van der Waals surface area contributed by atoms with Crippen molar-refractivity contribution in [2.24, 2.45) is 0 Å². The smallest absolute Gasteiger partial charge is 0.134 e. The molecule has 0 heterocycles. The molecule has 0 saturated carbocycles. The summed E-state index contributed by atoms with van der Waals surface area (Å²) in [5, 5.41) is 0. The van der Waals surface area contributed by atoms with Gasteiger partial charge in [-0.1, -0.05) is 46.1 Å². The molecule has 0 aliphatic heterocycles. The summed E-state index contributed by atoms with van der Waals surface area (Å²) in [5.41, 5.74) is 0. The van der Waals surface area contributed by atoms with Gasteiger partial charge >= 0.3 is 0 Å². The van der Waals surface area contributed by atoms with E-state index in [4.69, 9.17) is 9.47 Å². The Balaban J connectivity index is 3.53. The Morgan fingerprint density at radius 3 is 2.00 bits per heavy atom. The predicted octanol–water partition coefficient (Wildman–Crippen LogP) is 2.71. The second-order valence-electron chi connectivity index (χ2n) is 3.87. The summed E-state index contributed by atoms with van der Waals surface area (Å²) in [7, 11) is -0.238. The van der Waals surface area contributed by atoms with E-state index in [0.717, 1.165) is 32.5 Å². The van der Waals surface area contributed by atoms with Crippen molar-refractivity contribution in [2.45, 2.75) is 57.9 Å². The van der Waals surface area contributed by atoms with Crippen molar-refractivity contribution in [3.05, 3.63) is 6.92 Å². The van der Waals surface area contributed by atoms with Gasteiger partial charge in [0.05, 0.1) is 9.52 Å². The van der Waals surface area contributed by atoms with Crippen LogP contribution < -0.4 is 0 Å². The van der Waals surface area contributed by atoms with Crippen LogP contribution in [0.4, 0.5) is 0 Å². The van der Waals surface area contributed by atoms with Crippen LogP contribution in [0.2, 0.25) is 6.04 Å². The molecule has 0 aromatic rings. The fourth-order valence-electron chi connectivity index (χ4n) is 1.24. The third-order valence-corrected chi connectivity index (χ3v) is 4.14. The molecule has 0 bridgehead atoms. The Labute approximate surface area is 97.6 Å². The Morgan fingerprint density at radius 1 is 1.07 bits per heavy atom. The van der Waals surface area contributed by atoms with E-state index >= 15 is 0 Å². The van der Waals surface area contributed by atoms with Crippen molar-refractivity contribution in [3.8, 4) is 0 Å². The first kappa shape index (κ1) is 15.1. The summed E-state index contributed by atoms with van der Waals surface area (Å²) in [6.45, 7) is 9.96. The third-order valence-electron chi connectivity index (χ3n) is 2.29. The van der Waals surface area contributed by atoms with Gasteiger partial charge in [-0.3, -0.25) is 0 Å². The highest BCUT2D eigenvalue weighted by molar-refractivity contribution is 6.36. The van der Waals surface area contributed by atoms with Gasteiger partial charge in [0, 0.05) is 13.2 Å². The fraction of sp³-hybridized carbons (Fsp3) is 0.917. The van der Waals surface area contributed by atoms with Gasteiger partial charge in [0.25, 0.3) is 0 Å². The average Bonchev–Trinajstić information content (AvgIpc) is 2.25. The lowest BCUT2D eigenvalue weighted by Gasteiger charge is -2.18. The first-order valence-corrected chi connectivity index (χ1v) is 8.19. The first-order chi connectivity index (χ1) is 7.35. The highest BCUT2D eigenvalue weighted by atomic mass is 28.2. The maximum Gasteiger partial charge on any atom is 0.134 e. The quantitative estimate of drug-likeness (QED) is 0.309. The molecule has 0 aromatic carbocycles. The van der Waals surface area contributed by atoms with Crippen molar-refractivity contribution in [3.63, 3.8) is 0 Å². The minimum atomic E-state index is -0.238. The summed E-state index contributed by atoms with van der Waals surface area (Å²) in [5.74, 6) is 0.143. The third kappa shape index (κ3) is 10.4. The lowest BCUT2D eigenvalue weighted by atomic mass is 10.4. The predicted molar refractivity (Wildman–Crippen MR) is 68.8 cm³/mol. The molecule has 0 atom stereocenters. The van der Waals surface area contributed by atoms with Crippen LogP contribution >= 0.6 is 0 Å². The summed E-state index contributed by atoms with van der Waals surface area (Å²) in [6.07, 6.45) is 5.70. The molecule has 0 amide bonds. The summed E-state index contributed by atoms with van der Waals surface area (Å²) in [6, 6.07) is 1.23. The number of rotatable bonds is 11. The number of ether oxygens (including phenoxy) is 2. The normalized spacial score (nSPS) is 12.0. The molecular formula is C12H27O2Si.